The Balaban J connectivity index is 1.76. The maximum Gasteiger partial charge on any atom is 0.271 e. The molecule has 0 aliphatic carbocycles. The van der Waals surface area contributed by atoms with Crippen molar-refractivity contribution < 1.29 is 14.3 Å². The summed E-state index contributed by atoms with van der Waals surface area (Å²) >= 11 is 0. The second-order valence-corrected chi connectivity index (χ2v) is 5.85. The zero-order valence-corrected chi connectivity index (χ0v) is 13.9. The average molecular weight is 341 g/mol. The van der Waals surface area contributed by atoms with Crippen LogP contribution < -0.4 is 15.5 Å². The highest BCUT2D eigenvalue weighted by Gasteiger charge is 2.24. The number of benzene rings is 1. The summed E-state index contributed by atoms with van der Waals surface area (Å²) in [6, 6.07) is 10.8. The first kappa shape index (κ1) is 16.8. The topological polar surface area (TPSA) is 80.6 Å². The molecule has 2 aromatic rings. The van der Waals surface area contributed by atoms with Crippen molar-refractivity contribution in [2.75, 3.05) is 19.6 Å². The van der Waals surface area contributed by atoms with Crippen LogP contribution in [0.1, 0.15) is 16.1 Å². The van der Waals surface area contributed by atoms with Crippen molar-refractivity contribution in [1.29, 1.82) is 0 Å². The summed E-state index contributed by atoms with van der Waals surface area (Å²) in [5, 5.41) is 2.66. The summed E-state index contributed by atoms with van der Waals surface area (Å²) < 4.78 is 7.13. The smallest absolute Gasteiger partial charge is 0.271 e. The summed E-state index contributed by atoms with van der Waals surface area (Å²) in [6.45, 7) is 1.11. The Kier molecular flexibility index (Phi) is 4.83. The van der Waals surface area contributed by atoms with Gasteiger partial charge in [-0.2, -0.15) is 0 Å². The fraction of sp³-hybridized carbons (Fsp3) is 0.278. The number of hydrogen-bond donors (Lipinski definition) is 1. The van der Waals surface area contributed by atoms with Crippen molar-refractivity contribution in [3.63, 3.8) is 0 Å². The van der Waals surface area contributed by atoms with Crippen molar-refractivity contribution >= 4 is 11.8 Å². The molecule has 25 heavy (non-hydrogen) atoms. The highest BCUT2D eigenvalue weighted by Crippen LogP contribution is 2.11. The van der Waals surface area contributed by atoms with Gasteiger partial charge in [0.15, 0.2) is 5.75 Å². The lowest BCUT2D eigenvalue weighted by molar-refractivity contribution is -0.123. The molecule has 1 aliphatic rings. The van der Waals surface area contributed by atoms with Gasteiger partial charge in [0.25, 0.3) is 5.91 Å². The number of piperazine rings is 1. The number of ether oxygens (including phenoxy) is 1. The molecule has 0 saturated carbocycles. The molecule has 1 saturated heterocycles. The fourth-order valence-electron chi connectivity index (χ4n) is 2.64. The first-order valence-corrected chi connectivity index (χ1v) is 7.98. The Bertz CT molecular complexity index is 845. The Hall–Kier alpha value is -3.09. The number of aromatic nitrogens is 1. The van der Waals surface area contributed by atoms with E-state index in [1.165, 1.54) is 17.2 Å². The van der Waals surface area contributed by atoms with Crippen molar-refractivity contribution in [2.24, 2.45) is 7.05 Å². The minimum Gasteiger partial charge on any atom is -0.483 e. The molecule has 0 bridgehead atoms. The molecule has 1 aliphatic heterocycles. The standard InChI is InChI=1S/C18H19N3O4/c1-20-10-16(25-12-13-5-3-2-4-6-13)15(22)9-14(20)18(24)21-8-7-19-17(23)11-21/h2-6,9-10H,7-8,11-12H2,1H3,(H,19,23). The van der Waals surface area contributed by atoms with Crippen LogP contribution in [0.5, 0.6) is 5.75 Å². The van der Waals surface area contributed by atoms with Gasteiger partial charge in [0, 0.05) is 26.2 Å². The van der Waals surface area contributed by atoms with Crippen LogP contribution in [0.4, 0.5) is 0 Å². The molecular weight excluding hydrogens is 322 g/mol. The van der Waals surface area contributed by atoms with Gasteiger partial charge in [-0.15, -0.1) is 0 Å². The van der Waals surface area contributed by atoms with Crippen LogP contribution in [0.2, 0.25) is 0 Å². The average Bonchev–Trinajstić information content (AvgIpc) is 2.62. The molecule has 7 heteroatoms. The SMILES string of the molecule is Cn1cc(OCc2ccccc2)c(=O)cc1C(=O)N1CCNC(=O)C1. The van der Waals surface area contributed by atoms with E-state index in [1.54, 1.807) is 11.6 Å². The third kappa shape index (κ3) is 3.88. The predicted octanol–water partition coefficient (Wildman–Crippen LogP) is 0.536. The summed E-state index contributed by atoms with van der Waals surface area (Å²) in [4.78, 5) is 37.7. The first-order valence-electron chi connectivity index (χ1n) is 7.98. The quantitative estimate of drug-likeness (QED) is 0.880. The van der Waals surface area contributed by atoms with E-state index in [4.69, 9.17) is 4.74 Å². The zero-order chi connectivity index (χ0) is 17.8. The molecule has 2 heterocycles. The molecule has 1 N–H and O–H groups in total. The third-order valence-electron chi connectivity index (χ3n) is 3.98. The predicted molar refractivity (Wildman–Crippen MR) is 91.4 cm³/mol. The van der Waals surface area contributed by atoms with Crippen molar-refractivity contribution in [2.45, 2.75) is 6.61 Å². The van der Waals surface area contributed by atoms with Crippen LogP contribution >= 0.6 is 0 Å². The van der Waals surface area contributed by atoms with Crippen LogP contribution in [0.3, 0.4) is 0 Å². The normalized spacial score (nSPS) is 14.1. The number of carbonyl (C=O) groups excluding carboxylic acids is 2. The lowest BCUT2D eigenvalue weighted by Gasteiger charge is -2.27. The number of amides is 2. The Morgan fingerprint density at radius 3 is 2.72 bits per heavy atom. The molecule has 0 spiro atoms. The number of carbonyl (C=O) groups is 2. The molecule has 1 fully saturated rings. The van der Waals surface area contributed by atoms with E-state index in [0.29, 0.717) is 13.1 Å². The van der Waals surface area contributed by atoms with E-state index < -0.39 is 0 Å². The minimum atomic E-state index is -0.362. The van der Waals surface area contributed by atoms with E-state index in [-0.39, 0.29) is 41.8 Å². The van der Waals surface area contributed by atoms with Crippen LogP contribution in [-0.4, -0.2) is 40.9 Å². The van der Waals surface area contributed by atoms with Crippen molar-refractivity contribution in [3.05, 3.63) is 64.1 Å². The largest absolute Gasteiger partial charge is 0.483 e. The van der Waals surface area contributed by atoms with Gasteiger partial charge in [0.05, 0.1) is 12.7 Å². The van der Waals surface area contributed by atoms with Gasteiger partial charge in [-0.05, 0) is 5.56 Å². The lowest BCUT2D eigenvalue weighted by atomic mass is 10.2. The fourth-order valence-corrected chi connectivity index (χ4v) is 2.64. The number of aryl methyl sites for hydroxylation is 1. The molecule has 130 valence electrons. The van der Waals surface area contributed by atoms with Gasteiger partial charge in [-0.1, -0.05) is 30.3 Å². The van der Waals surface area contributed by atoms with Gasteiger partial charge in [-0.25, -0.2) is 0 Å². The molecule has 0 unspecified atom stereocenters. The minimum absolute atomic E-state index is 0.000712. The van der Waals surface area contributed by atoms with Gasteiger partial charge in [0.2, 0.25) is 11.3 Å². The Morgan fingerprint density at radius 1 is 1.24 bits per heavy atom. The van der Waals surface area contributed by atoms with E-state index in [0.717, 1.165) is 5.56 Å². The highest BCUT2D eigenvalue weighted by atomic mass is 16.5. The zero-order valence-electron chi connectivity index (χ0n) is 13.9. The van der Waals surface area contributed by atoms with E-state index in [1.807, 2.05) is 30.3 Å². The maximum absolute atomic E-state index is 12.6. The highest BCUT2D eigenvalue weighted by molar-refractivity contribution is 5.95. The van der Waals surface area contributed by atoms with Gasteiger partial charge in [-0.3, -0.25) is 14.4 Å². The second kappa shape index (κ2) is 7.21. The second-order valence-electron chi connectivity index (χ2n) is 5.85. The van der Waals surface area contributed by atoms with Crippen molar-refractivity contribution in [3.8, 4) is 5.75 Å². The van der Waals surface area contributed by atoms with Crippen molar-refractivity contribution in [1.82, 2.24) is 14.8 Å². The van der Waals surface area contributed by atoms with Crippen LogP contribution in [0.25, 0.3) is 0 Å². The molecule has 2 amide bonds. The number of pyridine rings is 1. The molecule has 0 radical (unpaired) electrons. The summed E-state index contributed by atoms with van der Waals surface area (Å²) in [5.41, 5.74) is 0.814. The molecule has 7 nitrogen and oxygen atoms in total. The summed E-state index contributed by atoms with van der Waals surface area (Å²) in [6.07, 6.45) is 1.50. The van der Waals surface area contributed by atoms with Crippen LogP contribution in [0.15, 0.2) is 47.4 Å². The van der Waals surface area contributed by atoms with Crippen LogP contribution in [-0.2, 0) is 18.4 Å². The molecule has 1 aromatic carbocycles. The first-order chi connectivity index (χ1) is 12.0. The number of rotatable bonds is 4. The molecule has 1 aromatic heterocycles. The van der Waals surface area contributed by atoms with Gasteiger partial charge >= 0.3 is 0 Å². The van der Waals surface area contributed by atoms with E-state index >= 15 is 0 Å². The summed E-state index contributed by atoms with van der Waals surface area (Å²) in [7, 11) is 1.67. The molecular formula is C18H19N3O4. The number of hydrogen-bond acceptors (Lipinski definition) is 4. The van der Waals surface area contributed by atoms with Crippen LogP contribution in [0, 0.1) is 0 Å². The van der Waals surface area contributed by atoms with E-state index in [2.05, 4.69) is 5.32 Å². The maximum atomic E-state index is 12.6. The Labute approximate surface area is 144 Å². The van der Waals surface area contributed by atoms with Gasteiger partial charge < -0.3 is 19.5 Å². The molecule has 0 atom stereocenters. The molecule has 3 rings (SSSR count). The van der Waals surface area contributed by atoms with Gasteiger partial charge in [0.1, 0.15) is 12.3 Å². The van der Waals surface area contributed by atoms with E-state index in [9.17, 15) is 14.4 Å². The monoisotopic (exact) mass is 341 g/mol. The lowest BCUT2D eigenvalue weighted by Crippen LogP contribution is -2.50. The Morgan fingerprint density at radius 2 is 2.00 bits per heavy atom. The number of nitrogens with one attached hydrogen (secondary N) is 1. The third-order valence-corrected chi connectivity index (χ3v) is 3.98. The number of nitrogens with zero attached hydrogens (tertiary/aromatic N) is 2. The summed E-state index contributed by atoms with van der Waals surface area (Å²) in [5.74, 6) is -0.365.